The van der Waals surface area contributed by atoms with E-state index in [0.29, 0.717) is 11.1 Å². The van der Waals surface area contributed by atoms with Gasteiger partial charge >= 0.3 is 5.76 Å². The van der Waals surface area contributed by atoms with Crippen molar-refractivity contribution in [1.82, 2.24) is 9.88 Å². The number of nitrogens with one attached hydrogen (secondary N) is 1. The normalized spacial score (nSPS) is 10.7. The predicted molar refractivity (Wildman–Crippen MR) is 80.0 cm³/mol. The van der Waals surface area contributed by atoms with E-state index in [2.05, 4.69) is 5.32 Å². The van der Waals surface area contributed by atoms with Gasteiger partial charge in [-0.3, -0.25) is 9.36 Å². The minimum atomic E-state index is -0.529. The second-order valence-electron chi connectivity index (χ2n) is 4.68. The lowest BCUT2D eigenvalue weighted by Gasteiger charge is -2.04. The number of hydrogen-bond acceptors (Lipinski definition) is 3. The summed E-state index contributed by atoms with van der Waals surface area (Å²) in [7, 11) is 1.53. The van der Waals surface area contributed by atoms with E-state index in [1.165, 1.54) is 11.6 Å². The van der Waals surface area contributed by atoms with Crippen molar-refractivity contribution >= 4 is 17.0 Å². The third-order valence-electron chi connectivity index (χ3n) is 3.36. The maximum absolute atomic E-state index is 11.9. The van der Waals surface area contributed by atoms with Gasteiger partial charge in [0.2, 0.25) is 5.91 Å². The number of carbonyl (C=O) groups excluding carboxylic acids is 1. The summed E-state index contributed by atoms with van der Waals surface area (Å²) in [5.74, 6) is -0.774. The lowest BCUT2D eigenvalue weighted by molar-refractivity contribution is -0.121. The lowest BCUT2D eigenvalue weighted by atomic mass is 10.1. The molecule has 5 heteroatoms. The van der Waals surface area contributed by atoms with Crippen molar-refractivity contribution < 1.29 is 9.21 Å². The van der Waals surface area contributed by atoms with Crippen LogP contribution in [0.2, 0.25) is 0 Å². The molecule has 21 heavy (non-hydrogen) atoms. The molecule has 1 aromatic heterocycles. The molecule has 0 saturated carbocycles. The third-order valence-corrected chi connectivity index (χ3v) is 3.36. The molecule has 5 nitrogen and oxygen atoms in total. The zero-order chi connectivity index (χ0) is 14.8. The predicted octanol–water partition coefficient (Wildman–Crippen LogP) is 2.01. The fourth-order valence-corrected chi connectivity index (χ4v) is 2.24. The van der Waals surface area contributed by atoms with Crippen molar-refractivity contribution in [1.29, 1.82) is 0 Å². The molecule has 0 fully saturated rings. The van der Waals surface area contributed by atoms with Crippen LogP contribution in [0.15, 0.2) is 57.7 Å². The van der Waals surface area contributed by atoms with Crippen molar-refractivity contribution in [2.75, 3.05) is 7.05 Å². The fraction of sp³-hybridized carbons (Fsp3) is 0.125. The third kappa shape index (κ3) is 2.45. The van der Waals surface area contributed by atoms with Crippen molar-refractivity contribution in [3.63, 3.8) is 0 Å². The number of benzene rings is 2. The first-order chi connectivity index (χ1) is 10.2. The summed E-state index contributed by atoms with van der Waals surface area (Å²) in [5.41, 5.74) is 3.10. The van der Waals surface area contributed by atoms with Crippen LogP contribution in [-0.4, -0.2) is 17.5 Å². The van der Waals surface area contributed by atoms with Crippen molar-refractivity contribution in [3.8, 4) is 11.1 Å². The highest BCUT2D eigenvalue weighted by atomic mass is 16.4. The second-order valence-corrected chi connectivity index (χ2v) is 4.68. The van der Waals surface area contributed by atoms with Crippen LogP contribution >= 0.6 is 0 Å². The van der Waals surface area contributed by atoms with Crippen LogP contribution in [0.1, 0.15) is 0 Å². The summed E-state index contributed by atoms with van der Waals surface area (Å²) in [6.07, 6.45) is 0. The minimum absolute atomic E-state index is 0.0550. The van der Waals surface area contributed by atoms with E-state index >= 15 is 0 Å². The Hall–Kier alpha value is -2.82. The van der Waals surface area contributed by atoms with Crippen molar-refractivity contribution in [3.05, 3.63) is 59.1 Å². The van der Waals surface area contributed by atoms with Crippen LogP contribution in [0, 0.1) is 0 Å². The summed E-state index contributed by atoms with van der Waals surface area (Å²) in [5, 5.41) is 2.50. The summed E-state index contributed by atoms with van der Waals surface area (Å²) >= 11 is 0. The number of fused-ring (bicyclic) bond motifs is 1. The molecule has 0 unspecified atom stereocenters. The van der Waals surface area contributed by atoms with E-state index in [9.17, 15) is 9.59 Å². The highest BCUT2D eigenvalue weighted by molar-refractivity contribution is 5.83. The first-order valence-corrected chi connectivity index (χ1v) is 6.58. The first-order valence-electron chi connectivity index (χ1n) is 6.58. The standard InChI is InChI=1S/C16H14N2O3/c1-17-15(19)10-18-13-9-12(11-5-3-2-4-6-11)7-8-14(13)21-16(18)20/h2-9H,10H2,1H3,(H,17,19). The molecule has 0 saturated heterocycles. The van der Waals surface area contributed by atoms with Gasteiger partial charge in [0, 0.05) is 7.05 Å². The van der Waals surface area contributed by atoms with Gasteiger partial charge in [0.15, 0.2) is 5.58 Å². The van der Waals surface area contributed by atoms with Crippen molar-refractivity contribution in [2.45, 2.75) is 6.54 Å². The number of oxazole rings is 1. The largest absolute Gasteiger partial charge is 0.420 e. The number of rotatable bonds is 3. The molecular formula is C16H14N2O3. The van der Waals surface area contributed by atoms with E-state index in [0.717, 1.165) is 11.1 Å². The van der Waals surface area contributed by atoms with Gasteiger partial charge in [-0.05, 0) is 23.3 Å². The van der Waals surface area contributed by atoms with Crippen molar-refractivity contribution in [2.24, 2.45) is 0 Å². The van der Waals surface area contributed by atoms with E-state index in [4.69, 9.17) is 4.42 Å². The van der Waals surface area contributed by atoms with Gasteiger partial charge in [0.1, 0.15) is 6.54 Å². The molecule has 0 radical (unpaired) electrons. The number of carbonyl (C=O) groups is 1. The van der Waals surface area contributed by atoms with Gasteiger partial charge in [-0.25, -0.2) is 4.79 Å². The maximum Gasteiger partial charge on any atom is 0.420 e. The number of hydrogen-bond donors (Lipinski definition) is 1. The Kier molecular flexibility index (Phi) is 3.31. The molecule has 0 spiro atoms. The number of aromatic nitrogens is 1. The second kappa shape index (κ2) is 5.28. The Morgan fingerprint density at radius 2 is 1.90 bits per heavy atom. The van der Waals surface area contributed by atoms with Crippen LogP contribution in [0.25, 0.3) is 22.2 Å². The smallest absolute Gasteiger partial charge is 0.408 e. The molecule has 1 amide bonds. The monoisotopic (exact) mass is 282 g/mol. The van der Waals surface area contributed by atoms with Gasteiger partial charge in [-0.1, -0.05) is 36.4 Å². The highest BCUT2D eigenvalue weighted by Gasteiger charge is 2.12. The first kappa shape index (κ1) is 13.2. The van der Waals surface area contributed by atoms with E-state index in [-0.39, 0.29) is 12.5 Å². The summed E-state index contributed by atoms with van der Waals surface area (Å²) in [4.78, 5) is 23.4. The molecule has 1 heterocycles. The summed E-state index contributed by atoms with van der Waals surface area (Å²) in [6, 6.07) is 15.3. The Balaban J connectivity index is 2.14. The SMILES string of the molecule is CNC(=O)Cn1c(=O)oc2ccc(-c3ccccc3)cc21. The Bertz CT molecular complexity index is 847. The molecule has 1 N–H and O–H groups in total. The zero-order valence-corrected chi connectivity index (χ0v) is 11.5. The van der Waals surface area contributed by atoms with E-state index in [1.807, 2.05) is 42.5 Å². The Morgan fingerprint density at radius 3 is 2.62 bits per heavy atom. The van der Waals surface area contributed by atoms with Crippen LogP contribution in [0.3, 0.4) is 0 Å². The van der Waals surface area contributed by atoms with E-state index in [1.54, 1.807) is 6.07 Å². The Morgan fingerprint density at radius 1 is 1.14 bits per heavy atom. The average molecular weight is 282 g/mol. The summed E-state index contributed by atoms with van der Waals surface area (Å²) in [6.45, 7) is -0.0550. The molecule has 0 aliphatic carbocycles. The topological polar surface area (TPSA) is 64.2 Å². The molecule has 0 bridgehead atoms. The molecule has 3 aromatic rings. The molecule has 0 aliphatic heterocycles. The molecule has 0 aliphatic rings. The van der Waals surface area contributed by atoms with Crippen LogP contribution < -0.4 is 11.1 Å². The fourth-order valence-electron chi connectivity index (χ4n) is 2.24. The van der Waals surface area contributed by atoms with Gasteiger partial charge < -0.3 is 9.73 Å². The number of nitrogens with zero attached hydrogens (tertiary/aromatic N) is 1. The Labute approximate surface area is 120 Å². The molecule has 0 atom stereocenters. The van der Waals surface area contributed by atoms with Gasteiger partial charge in [-0.2, -0.15) is 0 Å². The van der Waals surface area contributed by atoms with Gasteiger partial charge in [0.25, 0.3) is 0 Å². The minimum Gasteiger partial charge on any atom is -0.408 e. The molecule has 106 valence electrons. The lowest BCUT2D eigenvalue weighted by Crippen LogP contribution is -2.27. The summed E-state index contributed by atoms with van der Waals surface area (Å²) < 4.78 is 6.50. The average Bonchev–Trinajstić information content (AvgIpc) is 2.83. The van der Waals surface area contributed by atoms with Crippen LogP contribution in [0.4, 0.5) is 0 Å². The molecular weight excluding hydrogens is 268 g/mol. The zero-order valence-electron chi connectivity index (χ0n) is 11.5. The van der Waals surface area contributed by atoms with Crippen LogP contribution in [-0.2, 0) is 11.3 Å². The molecule has 3 rings (SSSR count). The van der Waals surface area contributed by atoms with Gasteiger partial charge in [-0.15, -0.1) is 0 Å². The van der Waals surface area contributed by atoms with Gasteiger partial charge in [0.05, 0.1) is 5.52 Å². The number of amides is 1. The number of likely N-dealkylation sites (N-methyl/N-ethyl adjacent to an activating group) is 1. The highest BCUT2D eigenvalue weighted by Crippen LogP contribution is 2.23. The quantitative estimate of drug-likeness (QED) is 0.799. The maximum atomic E-state index is 11.9. The van der Waals surface area contributed by atoms with Crippen LogP contribution in [0.5, 0.6) is 0 Å². The van der Waals surface area contributed by atoms with E-state index < -0.39 is 5.76 Å². The molecule has 2 aromatic carbocycles.